The fourth-order valence-electron chi connectivity index (χ4n) is 2.04. The molecule has 0 fully saturated rings. The van der Waals surface area contributed by atoms with E-state index in [0.29, 0.717) is 24.4 Å². The quantitative estimate of drug-likeness (QED) is 0.853. The van der Waals surface area contributed by atoms with Crippen LogP contribution in [0.15, 0.2) is 54.6 Å². The number of amides is 1. The Morgan fingerprint density at radius 1 is 1.17 bits per heavy atom. The summed E-state index contributed by atoms with van der Waals surface area (Å²) in [4.78, 5) is 13.9. The van der Waals surface area contributed by atoms with Crippen LogP contribution in [0.3, 0.4) is 0 Å². The Kier molecular flexibility index (Phi) is 6.16. The Labute approximate surface area is 136 Å². The van der Waals surface area contributed by atoms with E-state index >= 15 is 0 Å². The molecular weight excluding hydrogens is 290 g/mol. The minimum absolute atomic E-state index is 0.157. The number of nitrogens with zero attached hydrogens (tertiary/aromatic N) is 2. The summed E-state index contributed by atoms with van der Waals surface area (Å²) in [7, 11) is 1.85. The number of para-hydroxylation sites is 2. The molecule has 0 unspecified atom stereocenters. The highest BCUT2D eigenvalue weighted by Crippen LogP contribution is 2.13. The summed E-state index contributed by atoms with van der Waals surface area (Å²) in [6.45, 7) is 1.36. The van der Waals surface area contributed by atoms with Crippen molar-refractivity contribution in [3.8, 4) is 11.8 Å². The first-order valence-electron chi connectivity index (χ1n) is 7.34. The van der Waals surface area contributed by atoms with Crippen molar-refractivity contribution in [3.63, 3.8) is 0 Å². The summed E-state index contributed by atoms with van der Waals surface area (Å²) in [5.41, 5.74) is 0.991. The standard InChI is InChI=1S/C18H19N3O2/c1-21(11-12-23-16-8-3-2-4-9-16)14-18(22)20-17-10-6-5-7-15(17)13-19/h2-10H,11-12,14H2,1H3,(H,20,22). The molecule has 118 valence electrons. The number of hydrogen-bond acceptors (Lipinski definition) is 4. The van der Waals surface area contributed by atoms with Crippen molar-refractivity contribution < 1.29 is 9.53 Å². The normalized spacial score (nSPS) is 10.1. The molecule has 0 bridgehead atoms. The number of nitriles is 1. The maximum Gasteiger partial charge on any atom is 0.238 e. The Bertz CT molecular complexity index is 680. The van der Waals surface area contributed by atoms with E-state index in [1.807, 2.05) is 42.3 Å². The van der Waals surface area contributed by atoms with Gasteiger partial charge in [-0.3, -0.25) is 9.69 Å². The SMILES string of the molecule is CN(CCOc1ccccc1)CC(=O)Nc1ccccc1C#N. The zero-order chi connectivity index (χ0) is 16.5. The third-order valence-electron chi connectivity index (χ3n) is 3.22. The van der Waals surface area contributed by atoms with Gasteiger partial charge in [-0.25, -0.2) is 0 Å². The second kappa shape index (κ2) is 8.57. The number of benzene rings is 2. The number of nitrogens with one attached hydrogen (secondary N) is 1. The van der Waals surface area contributed by atoms with Gasteiger partial charge in [-0.2, -0.15) is 5.26 Å². The molecule has 2 aromatic carbocycles. The number of hydrogen-bond donors (Lipinski definition) is 1. The number of likely N-dealkylation sites (N-methyl/N-ethyl adjacent to an activating group) is 1. The van der Waals surface area contributed by atoms with Gasteiger partial charge >= 0.3 is 0 Å². The molecule has 0 heterocycles. The number of rotatable bonds is 7. The van der Waals surface area contributed by atoms with Crippen LogP contribution in [0.2, 0.25) is 0 Å². The Morgan fingerprint density at radius 2 is 1.87 bits per heavy atom. The largest absolute Gasteiger partial charge is 0.492 e. The third kappa shape index (κ3) is 5.46. The van der Waals surface area contributed by atoms with E-state index in [1.54, 1.807) is 24.3 Å². The molecule has 0 aliphatic heterocycles. The molecule has 0 saturated carbocycles. The van der Waals surface area contributed by atoms with Gasteiger partial charge in [0.1, 0.15) is 18.4 Å². The van der Waals surface area contributed by atoms with E-state index in [2.05, 4.69) is 11.4 Å². The molecule has 0 spiro atoms. The van der Waals surface area contributed by atoms with Crippen molar-refractivity contribution in [3.05, 3.63) is 60.2 Å². The van der Waals surface area contributed by atoms with Crippen molar-refractivity contribution in [1.29, 1.82) is 5.26 Å². The lowest BCUT2D eigenvalue weighted by atomic mass is 10.2. The molecule has 5 heteroatoms. The minimum Gasteiger partial charge on any atom is -0.492 e. The second-order valence-corrected chi connectivity index (χ2v) is 5.10. The summed E-state index contributed by atoms with van der Waals surface area (Å²) in [6.07, 6.45) is 0. The number of anilines is 1. The maximum absolute atomic E-state index is 12.0. The van der Waals surface area contributed by atoms with E-state index in [4.69, 9.17) is 10.00 Å². The fourth-order valence-corrected chi connectivity index (χ4v) is 2.04. The third-order valence-corrected chi connectivity index (χ3v) is 3.22. The van der Waals surface area contributed by atoms with Gasteiger partial charge in [-0.1, -0.05) is 30.3 Å². The molecule has 0 aliphatic carbocycles. The molecule has 0 atom stereocenters. The van der Waals surface area contributed by atoms with Gasteiger partial charge in [-0.05, 0) is 31.3 Å². The maximum atomic E-state index is 12.0. The molecule has 23 heavy (non-hydrogen) atoms. The molecule has 0 aliphatic rings. The lowest BCUT2D eigenvalue weighted by Gasteiger charge is -2.17. The Balaban J connectivity index is 1.75. The molecular formula is C18H19N3O2. The molecule has 2 aromatic rings. The number of ether oxygens (including phenoxy) is 1. The summed E-state index contributed by atoms with van der Waals surface area (Å²) >= 11 is 0. The monoisotopic (exact) mass is 309 g/mol. The summed E-state index contributed by atoms with van der Waals surface area (Å²) in [6, 6.07) is 18.6. The lowest BCUT2D eigenvalue weighted by Crippen LogP contribution is -2.33. The first kappa shape index (κ1) is 16.5. The minimum atomic E-state index is -0.157. The van der Waals surface area contributed by atoms with Gasteiger partial charge in [-0.15, -0.1) is 0 Å². The smallest absolute Gasteiger partial charge is 0.238 e. The summed E-state index contributed by atoms with van der Waals surface area (Å²) in [5.74, 6) is 0.656. The van der Waals surface area contributed by atoms with E-state index in [0.717, 1.165) is 5.75 Å². The summed E-state index contributed by atoms with van der Waals surface area (Å²) < 4.78 is 5.60. The average Bonchev–Trinajstić information content (AvgIpc) is 2.56. The van der Waals surface area contributed by atoms with Crippen LogP contribution in [-0.2, 0) is 4.79 Å². The van der Waals surface area contributed by atoms with Gasteiger partial charge < -0.3 is 10.1 Å². The summed E-state index contributed by atoms with van der Waals surface area (Å²) in [5, 5.41) is 11.8. The van der Waals surface area contributed by atoms with E-state index in [-0.39, 0.29) is 12.5 Å². The second-order valence-electron chi connectivity index (χ2n) is 5.10. The highest BCUT2D eigenvalue weighted by atomic mass is 16.5. The topological polar surface area (TPSA) is 65.4 Å². The molecule has 0 radical (unpaired) electrons. The van der Waals surface area contributed by atoms with Gasteiger partial charge in [0.25, 0.3) is 0 Å². The van der Waals surface area contributed by atoms with Crippen molar-refractivity contribution >= 4 is 11.6 Å². The predicted octanol–water partition coefficient (Wildman–Crippen LogP) is 2.51. The molecule has 0 saturated heterocycles. The van der Waals surface area contributed by atoms with Crippen LogP contribution in [0.25, 0.3) is 0 Å². The van der Waals surface area contributed by atoms with E-state index in [9.17, 15) is 4.79 Å². The van der Waals surface area contributed by atoms with Gasteiger partial charge in [0.05, 0.1) is 17.8 Å². The molecule has 2 rings (SSSR count). The van der Waals surface area contributed by atoms with Crippen molar-refractivity contribution in [2.24, 2.45) is 0 Å². The first-order chi connectivity index (χ1) is 11.2. The average molecular weight is 309 g/mol. The van der Waals surface area contributed by atoms with Crippen LogP contribution < -0.4 is 10.1 Å². The first-order valence-corrected chi connectivity index (χ1v) is 7.34. The lowest BCUT2D eigenvalue weighted by molar-refractivity contribution is -0.117. The van der Waals surface area contributed by atoms with Gasteiger partial charge in [0.15, 0.2) is 0 Å². The van der Waals surface area contributed by atoms with Crippen molar-refractivity contribution in [2.75, 3.05) is 32.1 Å². The van der Waals surface area contributed by atoms with Crippen LogP contribution in [0.1, 0.15) is 5.56 Å². The van der Waals surface area contributed by atoms with Crippen molar-refractivity contribution in [1.82, 2.24) is 4.90 Å². The highest BCUT2D eigenvalue weighted by Gasteiger charge is 2.09. The van der Waals surface area contributed by atoms with Crippen LogP contribution >= 0.6 is 0 Å². The van der Waals surface area contributed by atoms with Gasteiger partial charge in [0.2, 0.25) is 5.91 Å². The molecule has 1 N–H and O–H groups in total. The zero-order valence-electron chi connectivity index (χ0n) is 13.0. The highest BCUT2D eigenvalue weighted by molar-refractivity contribution is 5.93. The van der Waals surface area contributed by atoms with Crippen LogP contribution in [0.4, 0.5) is 5.69 Å². The Morgan fingerprint density at radius 3 is 2.61 bits per heavy atom. The Hall–Kier alpha value is -2.84. The van der Waals surface area contributed by atoms with E-state index in [1.165, 1.54) is 0 Å². The zero-order valence-corrected chi connectivity index (χ0v) is 13.0. The van der Waals surface area contributed by atoms with Crippen LogP contribution in [-0.4, -0.2) is 37.6 Å². The van der Waals surface area contributed by atoms with E-state index < -0.39 is 0 Å². The van der Waals surface area contributed by atoms with Crippen LogP contribution in [0.5, 0.6) is 5.75 Å². The predicted molar refractivity (Wildman–Crippen MR) is 89.2 cm³/mol. The molecule has 5 nitrogen and oxygen atoms in total. The number of carbonyl (C=O) groups is 1. The fraction of sp³-hybridized carbons (Fsp3) is 0.222. The van der Waals surface area contributed by atoms with Gasteiger partial charge in [0, 0.05) is 6.54 Å². The number of carbonyl (C=O) groups excluding carboxylic acids is 1. The van der Waals surface area contributed by atoms with Crippen molar-refractivity contribution in [2.45, 2.75) is 0 Å². The molecule has 0 aromatic heterocycles. The molecule has 1 amide bonds. The van der Waals surface area contributed by atoms with Crippen LogP contribution in [0, 0.1) is 11.3 Å².